The molecule has 0 rings (SSSR count). The Labute approximate surface area is 75.0 Å². The number of rotatable bonds is 0. The summed E-state index contributed by atoms with van der Waals surface area (Å²) in [4.78, 5) is 0. The zero-order valence-electron chi connectivity index (χ0n) is 6.00. The van der Waals surface area contributed by atoms with Crippen LogP contribution in [0.1, 0.15) is 27.2 Å². The van der Waals surface area contributed by atoms with Crippen molar-refractivity contribution in [1.82, 2.24) is 0 Å². The van der Waals surface area contributed by atoms with Gasteiger partial charge in [0.2, 0.25) is 0 Å². The van der Waals surface area contributed by atoms with Gasteiger partial charge in [-0.1, -0.05) is 26.2 Å². The molecule has 0 aliphatic rings. The third-order valence-electron chi connectivity index (χ3n) is 0.750. The van der Waals surface area contributed by atoms with E-state index in [1.807, 2.05) is 0 Å². The molecule has 0 aliphatic heterocycles. The van der Waals surface area contributed by atoms with Gasteiger partial charge in [0.05, 0.1) is 0 Å². The van der Waals surface area contributed by atoms with Crippen LogP contribution in [0.4, 0.5) is 0 Å². The molecule has 0 spiro atoms. The first-order chi connectivity index (χ1) is 2.56. The van der Waals surface area contributed by atoms with Gasteiger partial charge in [-0.05, 0) is 0 Å². The van der Waals surface area contributed by atoms with Crippen LogP contribution in [0.2, 0.25) is 0 Å². The van der Waals surface area contributed by atoms with E-state index in [2.05, 4.69) is 27.7 Å². The molecule has 0 heterocycles. The summed E-state index contributed by atoms with van der Waals surface area (Å²) in [6.07, 6.45) is 1.02. The van der Waals surface area contributed by atoms with Crippen molar-refractivity contribution in [3.05, 3.63) is 6.92 Å². The average molecular weight is 145 g/mol. The Kier molecular flexibility index (Phi) is 12.4. The van der Waals surface area contributed by atoms with Crippen LogP contribution in [-0.2, 0) is 0 Å². The van der Waals surface area contributed by atoms with Crippen LogP contribution in [-0.4, -0.2) is 23.1 Å². The zero-order chi connectivity index (χ0) is 5.21. The molecular weight excluding hydrogens is 132 g/mol. The summed E-state index contributed by atoms with van der Waals surface area (Å²) in [6, 6.07) is 0. The van der Waals surface area contributed by atoms with Crippen molar-refractivity contribution < 1.29 is 12.4 Å². The van der Waals surface area contributed by atoms with Gasteiger partial charge in [-0.25, -0.2) is 0 Å². The average Bonchev–Trinajstić information content (AvgIpc) is 1.35. The molecule has 2 heteroatoms. The smallest absolute Gasteiger partial charge is 1.00 e. The van der Waals surface area contributed by atoms with E-state index < -0.39 is 0 Å². The number of halogens is 1. The van der Waals surface area contributed by atoms with Crippen molar-refractivity contribution in [2.24, 2.45) is 5.41 Å². The molecule has 46 valence electrons. The SMILES string of the molecule is [CH2-]CC(C)(C)C.[Cl-].[Mg+2]. The van der Waals surface area contributed by atoms with Crippen molar-refractivity contribution in [3.8, 4) is 0 Å². The van der Waals surface area contributed by atoms with Crippen LogP contribution >= 0.6 is 0 Å². The molecule has 0 aromatic heterocycles. The first kappa shape index (κ1) is 16.0. The molecule has 0 nitrogen and oxygen atoms in total. The minimum Gasteiger partial charge on any atom is -1.00 e. The van der Waals surface area contributed by atoms with Gasteiger partial charge >= 0.3 is 23.1 Å². The second kappa shape index (κ2) is 6.18. The molecule has 0 N–H and O–H groups in total. The molecule has 0 aliphatic carbocycles. The molecule has 8 heavy (non-hydrogen) atoms. The molecule has 0 aromatic carbocycles. The standard InChI is InChI=1S/C6H13.ClH.Mg/c1-5-6(2,3)4;;/h1,5H2,2-4H3;1H;/q-1;;+2/p-1. The summed E-state index contributed by atoms with van der Waals surface area (Å²) in [5.74, 6) is 0. The van der Waals surface area contributed by atoms with Crippen molar-refractivity contribution in [1.29, 1.82) is 0 Å². The zero-order valence-corrected chi connectivity index (χ0v) is 8.17. The summed E-state index contributed by atoms with van der Waals surface area (Å²) < 4.78 is 0. The summed E-state index contributed by atoms with van der Waals surface area (Å²) >= 11 is 0. The predicted molar refractivity (Wildman–Crippen MR) is 35.2 cm³/mol. The molecule has 0 saturated carbocycles. The van der Waals surface area contributed by atoms with Gasteiger partial charge in [-0.3, -0.25) is 0 Å². The Balaban J connectivity index is -0.000000125. The van der Waals surface area contributed by atoms with Crippen LogP contribution in [0.3, 0.4) is 0 Å². The maximum atomic E-state index is 3.76. The van der Waals surface area contributed by atoms with E-state index in [1.165, 1.54) is 0 Å². The van der Waals surface area contributed by atoms with E-state index in [0.717, 1.165) is 6.42 Å². The van der Waals surface area contributed by atoms with Crippen LogP contribution < -0.4 is 12.4 Å². The first-order valence-corrected chi connectivity index (χ1v) is 2.35. The quantitative estimate of drug-likeness (QED) is 0.299. The van der Waals surface area contributed by atoms with Crippen LogP contribution in [0.15, 0.2) is 0 Å². The molecule has 0 fully saturated rings. The van der Waals surface area contributed by atoms with Gasteiger partial charge in [0.15, 0.2) is 0 Å². The van der Waals surface area contributed by atoms with Gasteiger partial charge in [0.1, 0.15) is 0 Å². The molecule has 0 amide bonds. The largest absolute Gasteiger partial charge is 2.00 e. The Morgan fingerprint density at radius 2 is 1.38 bits per heavy atom. The van der Waals surface area contributed by atoms with Crippen molar-refractivity contribution >= 4 is 23.1 Å². The van der Waals surface area contributed by atoms with E-state index in [4.69, 9.17) is 0 Å². The summed E-state index contributed by atoms with van der Waals surface area (Å²) in [5, 5.41) is 0. The maximum Gasteiger partial charge on any atom is 2.00 e. The Morgan fingerprint density at radius 3 is 1.38 bits per heavy atom. The van der Waals surface area contributed by atoms with Crippen molar-refractivity contribution in [2.75, 3.05) is 0 Å². The van der Waals surface area contributed by atoms with Gasteiger partial charge in [-0.15, -0.1) is 0 Å². The molecule has 0 bridgehead atoms. The normalized spacial score (nSPS) is 9.00. The van der Waals surface area contributed by atoms with E-state index in [9.17, 15) is 0 Å². The van der Waals surface area contributed by atoms with Gasteiger partial charge < -0.3 is 19.3 Å². The van der Waals surface area contributed by atoms with Crippen molar-refractivity contribution in [3.63, 3.8) is 0 Å². The minimum absolute atomic E-state index is 0. The monoisotopic (exact) mass is 144 g/mol. The van der Waals surface area contributed by atoms with Crippen LogP contribution in [0, 0.1) is 12.3 Å². The predicted octanol–water partition coefficient (Wildman–Crippen LogP) is -1.12. The summed E-state index contributed by atoms with van der Waals surface area (Å²) in [5.41, 5.74) is 0.431. The van der Waals surface area contributed by atoms with Crippen LogP contribution in [0.25, 0.3) is 0 Å². The maximum absolute atomic E-state index is 3.76. The van der Waals surface area contributed by atoms with E-state index in [-0.39, 0.29) is 35.5 Å². The molecule has 0 atom stereocenters. The summed E-state index contributed by atoms with van der Waals surface area (Å²) in [6.45, 7) is 10.3. The fourth-order valence-corrected chi connectivity index (χ4v) is 0. The topological polar surface area (TPSA) is 0 Å². The first-order valence-electron chi connectivity index (χ1n) is 2.35. The molecule has 0 unspecified atom stereocenters. The Hall–Kier alpha value is 1.06. The second-order valence-electron chi connectivity index (χ2n) is 2.81. The molecular formula is C6H13ClMg. The third kappa shape index (κ3) is 15.7. The van der Waals surface area contributed by atoms with Gasteiger partial charge in [0.25, 0.3) is 0 Å². The van der Waals surface area contributed by atoms with Gasteiger partial charge in [0, 0.05) is 0 Å². The van der Waals surface area contributed by atoms with Crippen LogP contribution in [0.5, 0.6) is 0 Å². The number of hydrogen-bond donors (Lipinski definition) is 0. The minimum atomic E-state index is 0. The van der Waals surface area contributed by atoms with Crippen molar-refractivity contribution in [2.45, 2.75) is 27.2 Å². The fourth-order valence-electron chi connectivity index (χ4n) is 0. The molecule has 0 radical (unpaired) electrons. The number of hydrogen-bond acceptors (Lipinski definition) is 0. The van der Waals surface area contributed by atoms with Gasteiger partial charge in [-0.2, -0.15) is 6.42 Å². The summed E-state index contributed by atoms with van der Waals surface area (Å²) in [7, 11) is 0. The van der Waals surface area contributed by atoms with E-state index in [0.29, 0.717) is 5.41 Å². The Bertz CT molecular complexity index is 38.3. The third-order valence-corrected chi connectivity index (χ3v) is 0.750. The fraction of sp³-hybridized carbons (Fsp3) is 0.833. The van der Waals surface area contributed by atoms with E-state index in [1.54, 1.807) is 0 Å². The second-order valence-corrected chi connectivity index (χ2v) is 2.81. The molecule has 0 aromatic rings. The molecule has 0 saturated heterocycles. The Morgan fingerprint density at radius 1 is 1.25 bits per heavy atom. The van der Waals surface area contributed by atoms with E-state index >= 15 is 0 Å².